The molecule has 1 rings (SSSR count). The molecule has 4 N–H and O–H groups in total. The van der Waals surface area contributed by atoms with E-state index in [9.17, 15) is 18.0 Å². The highest BCUT2D eigenvalue weighted by Crippen LogP contribution is 2.11. The third kappa shape index (κ3) is 5.16. The van der Waals surface area contributed by atoms with Gasteiger partial charge in [-0.05, 0) is 30.2 Å². The number of nitrogens with one attached hydrogen (secondary N) is 1. The third-order valence-electron chi connectivity index (χ3n) is 2.96. The Labute approximate surface area is 123 Å². The number of hydrogen-bond acceptors (Lipinski definition) is 4. The number of amides is 1. The van der Waals surface area contributed by atoms with Crippen molar-refractivity contribution in [2.75, 3.05) is 0 Å². The summed E-state index contributed by atoms with van der Waals surface area (Å²) in [5.74, 6) is -1.51. The molecule has 1 unspecified atom stereocenters. The fourth-order valence-corrected chi connectivity index (χ4v) is 2.20. The van der Waals surface area contributed by atoms with E-state index in [2.05, 4.69) is 5.32 Å². The van der Waals surface area contributed by atoms with Crippen LogP contribution in [0.4, 0.5) is 0 Å². The van der Waals surface area contributed by atoms with E-state index in [1.807, 2.05) is 0 Å². The molecule has 1 amide bonds. The van der Waals surface area contributed by atoms with Gasteiger partial charge in [0.25, 0.3) is 5.91 Å². The lowest BCUT2D eigenvalue weighted by molar-refractivity contribution is -0.137. The summed E-state index contributed by atoms with van der Waals surface area (Å²) in [6.45, 7) is 3.61. The quantitative estimate of drug-likeness (QED) is 0.707. The summed E-state index contributed by atoms with van der Waals surface area (Å²) in [6.07, 6.45) is -0.182. The number of carbonyl (C=O) groups excluding carboxylic acids is 1. The number of carboxylic acids is 1. The number of nitrogens with two attached hydrogens (primary N) is 1. The molecule has 0 aliphatic heterocycles. The van der Waals surface area contributed by atoms with Gasteiger partial charge in [0.05, 0.1) is 11.3 Å². The van der Waals surface area contributed by atoms with Crippen molar-refractivity contribution in [3.05, 3.63) is 29.8 Å². The molecule has 0 aromatic heterocycles. The van der Waals surface area contributed by atoms with Crippen molar-refractivity contribution in [2.24, 2.45) is 11.1 Å². The zero-order valence-corrected chi connectivity index (χ0v) is 12.6. The molecule has 0 saturated carbocycles. The maximum absolute atomic E-state index is 12.0. The fraction of sp³-hybridized carbons (Fsp3) is 0.385. The zero-order valence-electron chi connectivity index (χ0n) is 11.7. The first-order valence-electron chi connectivity index (χ1n) is 6.26. The number of rotatable bonds is 6. The van der Waals surface area contributed by atoms with Gasteiger partial charge in [-0.1, -0.05) is 13.8 Å². The van der Waals surface area contributed by atoms with Crippen LogP contribution >= 0.6 is 0 Å². The number of primary sulfonamides is 1. The molecule has 1 aromatic carbocycles. The zero-order chi connectivity index (χ0) is 16.2. The SMILES string of the molecule is CC(C)C(CC(=O)O)NC(=O)c1ccc(S(N)(=O)=O)cc1. The molecule has 7 nitrogen and oxygen atoms in total. The second-order valence-corrected chi connectivity index (χ2v) is 6.55. The van der Waals surface area contributed by atoms with Crippen molar-refractivity contribution in [3.63, 3.8) is 0 Å². The van der Waals surface area contributed by atoms with Gasteiger partial charge in [-0.25, -0.2) is 13.6 Å². The molecule has 1 atom stereocenters. The highest BCUT2D eigenvalue weighted by Gasteiger charge is 2.20. The smallest absolute Gasteiger partial charge is 0.305 e. The Bertz CT molecular complexity index is 622. The second-order valence-electron chi connectivity index (χ2n) is 4.99. The lowest BCUT2D eigenvalue weighted by Gasteiger charge is -2.20. The van der Waals surface area contributed by atoms with Gasteiger partial charge >= 0.3 is 5.97 Å². The average Bonchev–Trinajstić information content (AvgIpc) is 2.36. The van der Waals surface area contributed by atoms with Gasteiger partial charge in [0, 0.05) is 11.6 Å². The van der Waals surface area contributed by atoms with Crippen LogP contribution in [0, 0.1) is 5.92 Å². The van der Waals surface area contributed by atoms with Crippen LogP contribution < -0.4 is 10.5 Å². The largest absolute Gasteiger partial charge is 0.481 e. The van der Waals surface area contributed by atoms with Crippen LogP contribution in [-0.2, 0) is 14.8 Å². The molecule has 0 bridgehead atoms. The van der Waals surface area contributed by atoms with Crippen molar-refractivity contribution in [1.82, 2.24) is 5.32 Å². The van der Waals surface area contributed by atoms with Gasteiger partial charge in [-0.15, -0.1) is 0 Å². The summed E-state index contributed by atoms with van der Waals surface area (Å²) < 4.78 is 22.2. The van der Waals surface area contributed by atoms with E-state index in [1.54, 1.807) is 13.8 Å². The first-order chi connectivity index (χ1) is 9.61. The van der Waals surface area contributed by atoms with Crippen LogP contribution in [0.2, 0.25) is 0 Å². The molecular weight excluding hydrogens is 296 g/mol. The van der Waals surface area contributed by atoms with Gasteiger partial charge in [-0.3, -0.25) is 9.59 Å². The third-order valence-corrected chi connectivity index (χ3v) is 3.89. The van der Waals surface area contributed by atoms with Gasteiger partial charge in [0.2, 0.25) is 10.0 Å². The number of hydrogen-bond donors (Lipinski definition) is 3. The van der Waals surface area contributed by atoms with Crippen LogP contribution in [0.25, 0.3) is 0 Å². The molecule has 0 aliphatic rings. The minimum Gasteiger partial charge on any atom is -0.481 e. The van der Waals surface area contributed by atoms with Crippen LogP contribution in [0.5, 0.6) is 0 Å². The van der Waals surface area contributed by atoms with Crippen LogP contribution in [0.1, 0.15) is 30.6 Å². The predicted molar refractivity (Wildman–Crippen MR) is 76.2 cm³/mol. The minimum atomic E-state index is -3.81. The Kier molecular flexibility index (Phi) is 5.45. The molecule has 1 aromatic rings. The monoisotopic (exact) mass is 314 g/mol. The maximum Gasteiger partial charge on any atom is 0.305 e. The van der Waals surface area contributed by atoms with E-state index in [0.29, 0.717) is 0 Å². The summed E-state index contributed by atoms with van der Waals surface area (Å²) >= 11 is 0. The predicted octanol–water partition coefficient (Wildman–Crippen LogP) is 0.563. The normalized spacial score (nSPS) is 13.0. The molecule has 116 valence electrons. The number of benzene rings is 1. The van der Waals surface area contributed by atoms with E-state index in [-0.39, 0.29) is 22.8 Å². The number of aliphatic carboxylic acids is 1. The molecule has 0 heterocycles. The number of carboxylic acid groups (broad SMARTS) is 1. The second kappa shape index (κ2) is 6.68. The van der Waals surface area contributed by atoms with Gasteiger partial charge in [0.15, 0.2) is 0 Å². The Hall–Kier alpha value is -1.93. The Morgan fingerprint density at radius 3 is 2.14 bits per heavy atom. The van der Waals surface area contributed by atoms with Crippen molar-refractivity contribution < 1.29 is 23.1 Å². The average molecular weight is 314 g/mol. The molecule has 21 heavy (non-hydrogen) atoms. The van der Waals surface area contributed by atoms with Gasteiger partial charge in [0.1, 0.15) is 0 Å². The van der Waals surface area contributed by atoms with E-state index < -0.39 is 27.9 Å². The first-order valence-corrected chi connectivity index (χ1v) is 7.81. The lowest BCUT2D eigenvalue weighted by atomic mass is 10.0. The van der Waals surface area contributed by atoms with Crippen molar-refractivity contribution in [2.45, 2.75) is 31.2 Å². The molecule has 0 aliphatic carbocycles. The Morgan fingerprint density at radius 1 is 1.24 bits per heavy atom. The fourth-order valence-electron chi connectivity index (χ4n) is 1.69. The highest BCUT2D eigenvalue weighted by molar-refractivity contribution is 7.89. The highest BCUT2D eigenvalue weighted by atomic mass is 32.2. The molecular formula is C13H18N2O5S. The summed E-state index contributed by atoms with van der Waals surface area (Å²) in [6, 6.07) is 4.60. The van der Waals surface area contributed by atoms with Crippen molar-refractivity contribution in [1.29, 1.82) is 0 Å². The lowest BCUT2D eigenvalue weighted by Crippen LogP contribution is -2.40. The van der Waals surface area contributed by atoms with Gasteiger partial charge < -0.3 is 10.4 Å². The first kappa shape index (κ1) is 17.1. The summed E-state index contributed by atoms with van der Waals surface area (Å²) in [5.41, 5.74) is 0.235. The molecule has 0 fully saturated rings. The Balaban J connectivity index is 2.86. The molecule has 0 spiro atoms. The van der Waals surface area contributed by atoms with Gasteiger partial charge in [-0.2, -0.15) is 0 Å². The van der Waals surface area contributed by atoms with E-state index >= 15 is 0 Å². The minimum absolute atomic E-state index is 0.0475. The van der Waals surface area contributed by atoms with Crippen molar-refractivity contribution >= 4 is 21.9 Å². The Morgan fingerprint density at radius 2 is 1.76 bits per heavy atom. The van der Waals surface area contributed by atoms with Crippen LogP contribution in [0.15, 0.2) is 29.2 Å². The molecule has 0 radical (unpaired) electrons. The molecule has 0 saturated heterocycles. The van der Waals surface area contributed by atoms with E-state index in [4.69, 9.17) is 10.2 Å². The topological polar surface area (TPSA) is 127 Å². The summed E-state index contributed by atoms with van der Waals surface area (Å²) in [4.78, 5) is 22.7. The van der Waals surface area contributed by atoms with Crippen LogP contribution in [-0.4, -0.2) is 31.4 Å². The standard InChI is InChI=1S/C13H18N2O5S/c1-8(2)11(7-12(16)17)15-13(18)9-3-5-10(6-4-9)21(14,19)20/h3-6,8,11H,7H2,1-2H3,(H,15,18)(H,16,17)(H2,14,19,20). The number of sulfonamides is 1. The van der Waals surface area contributed by atoms with Crippen LogP contribution in [0.3, 0.4) is 0 Å². The summed E-state index contributed by atoms with van der Waals surface area (Å²) in [5, 5.41) is 16.4. The van der Waals surface area contributed by atoms with Crippen molar-refractivity contribution in [3.8, 4) is 0 Å². The maximum atomic E-state index is 12.0. The molecule has 8 heteroatoms. The van der Waals surface area contributed by atoms with E-state index in [0.717, 1.165) is 0 Å². The summed E-state index contributed by atoms with van der Waals surface area (Å²) in [7, 11) is -3.81. The van der Waals surface area contributed by atoms with E-state index in [1.165, 1.54) is 24.3 Å². The number of carbonyl (C=O) groups is 2.